The Bertz CT molecular complexity index is 995. The standard InChI is InChI=1S/C23H17ClO/c1-3-19-21(15(2)16-8-11-18(24)12-9-16)14-25-22-13-10-17-6-4-5-7-20(17)23(19)22/h1,4-13,19,21H,2,14H2/t19-,21+/m0/s1. The molecule has 0 unspecified atom stereocenters. The molecule has 0 bridgehead atoms. The third kappa shape index (κ3) is 2.69. The molecule has 0 radical (unpaired) electrons. The molecule has 0 saturated heterocycles. The zero-order valence-corrected chi connectivity index (χ0v) is 14.5. The lowest BCUT2D eigenvalue weighted by Crippen LogP contribution is -2.26. The van der Waals surface area contributed by atoms with Gasteiger partial charge < -0.3 is 4.74 Å². The summed E-state index contributed by atoms with van der Waals surface area (Å²) in [7, 11) is 0. The molecule has 2 heteroatoms. The quantitative estimate of drug-likeness (QED) is 0.523. The Labute approximate surface area is 152 Å². The maximum absolute atomic E-state index is 6.06. The molecule has 2 atom stereocenters. The van der Waals surface area contributed by atoms with E-state index in [1.807, 2.05) is 42.5 Å². The Morgan fingerprint density at radius 3 is 2.60 bits per heavy atom. The summed E-state index contributed by atoms with van der Waals surface area (Å²) in [4.78, 5) is 0. The smallest absolute Gasteiger partial charge is 0.124 e. The van der Waals surface area contributed by atoms with E-state index in [4.69, 9.17) is 22.8 Å². The second-order valence-corrected chi connectivity index (χ2v) is 6.73. The molecule has 0 fully saturated rings. The number of rotatable bonds is 2. The Balaban J connectivity index is 1.81. The van der Waals surface area contributed by atoms with Gasteiger partial charge in [0.15, 0.2) is 0 Å². The fourth-order valence-corrected chi connectivity index (χ4v) is 3.70. The van der Waals surface area contributed by atoms with Crippen molar-refractivity contribution >= 4 is 27.9 Å². The van der Waals surface area contributed by atoms with Gasteiger partial charge in [-0.25, -0.2) is 0 Å². The molecule has 4 rings (SSSR count). The van der Waals surface area contributed by atoms with Crippen molar-refractivity contribution in [3.63, 3.8) is 0 Å². The number of hydrogen-bond donors (Lipinski definition) is 0. The maximum Gasteiger partial charge on any atom is 0.124 e. The Hall–Kier alpha value is -2.69. The van der Waals surface area contributed by atoms with E-state index in [0.29, 0.717) is 11.6 Å². The van der Waals surface area contributed by atoms with E-state index in [0.717, 1.165) is 27.8 Å². The average molecular weight is 345 g/mol. The predicted octanol–water partition coefficient (Wildman–Crippen LogP) is 5.93. The first-order chi connectivity index (χ1) is 12.2. The van der Waals surface area contributed by atoms with Gasteiger partial charge in [0.2, 0.25) is 0 Å². The fraction of sp³-hybridized carbons (Fsp3) is 0.130. The topological polar surface area (TPSA) is 9.23 Å². The van der Waals surface area contributed by atoms with Crippen LogP contribution >= 0.6 is 11.6 Å². The maximum atomic E-state index is 6.06. The van der Waals surface area contributed by atoms with Crippen LogP contribution in [0.1, 0.15) is 17.0 Å². The zero-order valence-electron chi connectivity index (χ0n) is 13.7. The van der Waals surface area contributed by atoms with Crippen LogP contribution in [0, 0.1) is 18.3 Å². The van der Waals surface area contributed by atoms with E-state index in [9.17, 15) is 0 Å². The minimum Gasteiger partial charge on any atom is -0.493 e. The molecule has 122 valence electrons. The molecule has 1 heterocycles. The Morgan fingerprint density at radius 1 is 1.08 bits per heavy atom. The van der Waals surface area contributed by atoms with E-state index in [1.54, 1.807) is 0 Å². The first-order valence-electron chi connectivity index (χ1n) is 8.24. The molecular weight excluding hydrogens is 328 g/mol. The summed E-state index contributed by atoms with van der Waals surface area (Å²) < 4.78 is 6.06. The summed E-state index contributed by atoms with van der Waals surface area (Å²) in [5.41, 5.74) is 3.12. The highest BCUT2D eigenvalue weighted by molar-refractivity contribution is 6.30. The van der Waals surface area contributed by atoms with Crippen LogP contribution in [0.5, 0.6) is 5.75 Å². The number of halogens is 1. The van der Waals surface area contributed by atoms with Crippen molar-refractivity contribution in [2.45, 2.75) is 5.92 Å². The number of benzene rings is 3. The lowest BCUT2D eigenvalue weighted by atomic mass is 9.77. The van der Waals surface area contributed by atoms with Gasteiger partial charge in [0.1, 0.15) is 5.75 Å². The van der Waals surface area contributed by atoms with Gasteiger partial charge in [-0.2, -0.15) is 0 Å². The average Bonchev–Trinajstić information content (AvgIpc) is 2.66. The lowest BCUT2D eigenvalue weighted by molar-refractivity contribution is 0.246. The summed E-state index contributed by atoms with van der Waals surface area (Å²) in [6.07, 6.45) is 5.97. The molecule has 0 N–H and O–H groups in total. The van der Waals surface area contributed by atoms with Crippen LogP contribution in [0.3, 0.4) is 0 Å². The molecule has 1 aliphatic heterocycles. The van der Waals surface area contributed by atoms with Crippen LogP contribution in [0.25, 0.3) is 16.3 Å². The van der Waals surface area contributed by atoms with E-state index in [-0.39, 0.29) is 11.8 Å². The molecule has 0 aliphatic carbocycles. The van der Waals surface area contributed by atoms with Crippen molar-refractivity contribution in [1.82, 2.24) is 0 Å². The third-order valence-corrected chi connectivity index (χ3v) is 5.16. The molecule has 0 amide bonds. The molecular formula is C23H17ClO. The summed E-state index contributed by atoms with van der Waals surface area (Å²) in [6, 6.07) is 20.1. The number of ether oxygens (including phenoxy) is 1. The Kier molecular flexibility index (Phi) is 3.99. The highest BCUT2D eigenvalue weighted by Crippen LogP contribution is 2.45. The minimum atomic E-state index is -0.0713. The molecule has 0 aromatic heterocycles. The van der Waals surface area contributed by atoms with Gasteiger partial charge in [0.25, 0.3) is 0 Å². The third-order valence-electron chi connectivity index (χ3n) is 4.90. The largest absolute Gasteiger partial charge is 0.493 e. The van der Waals surface area contributed by atoms with Crippen molar-refractivity contribution in [2.24, 2.45) is 5.92 Å². The zero-order chi connectivity index (χ0) is 17.4. The van der Waals surface area contributed by atoms with Crippen molar-refractivity contribution in [3.05, 3.63) is 83.4 Å². The number of terminal acetylenes is 1. The van der Waals surface area contributed by atoms with Gasteiger partial charge in [-0.15, -0.1) is 6.42 Å². The second-order valence-electron chi connectivity index (χ2n) is 6.29. The van der Waals surface area contributed by atoms with E-state index < -0.39 is 0 Å². The molecule has 0 spiro atoms. The van der Waals surface area contributed by atoms with Crippen LogP contribution in [0.15, 0.2) is 67.2 Å². The fourth-order valence-electron chi connectivity index (χ4n) is 3.58. The van der Waals surface area contributed by atoms with Crippen LogP contribution in [-0.4, -0.2) is 6.61 Å². The van der Waals surface area contributed by atoms with Gasteiger partial charge in [0, 0.05) is 16.5 Å². The van der Waals surface area contributed by atoms with Crippen LogP contribution in [-0.2, 0) is 0 Å². The highest BCUT2D eigenvalue weighted by Gasteiger charge is 2.33. The summed E-state index contributed by atoms with van der Waals surface area (Å²) in [5, 5.41) is 3.03. The first kappa shape index (κ1) is 15.8. The molecule has 1 nitrogen and oxygen atoms in total. The molecule has 3 aromatic carbocycles. The predicted molar refractivity (Wildman–Crippen MR) is 105 cm³/mol. The van der Waals surface area contributed by atoms with Crippen molar-refractivity contribution in [3.8, 4) is 18.1 Å². The minimum absolute atomic E-state index is 0.0319. The number of hydrogen-bond acceptors (Lipinski definition) is 1. The lowest BCUT2D eigenvalue weighted by Gasteiger charge is -2.33. The molecule has 0 saturated carbocycles. The van der Waals surface area contributed by atoms with Crippen molar-refractivity contribution in [2.75, 3.05) is 6.61 Å². The number of fused-ring (bicyclic) bond motifs is 3. The normalized spacial score (nSPS) is 18.9. The molecule has 3 aromatic rings. The van der Waals surface area contributed by atoms with Gasteiger partial charge in [-0.05, 0) is 40.1 Å². The summed E-state index contributed by atoms with van der Waals surface area (Å²) >= 11 is 6.00. The van der Waals surface area contributed by atoms with Gasteiger partial charge in [0.05, 0.1) is 12.5 Å². The van der Waals surface area contributed by atoms with E-state index in [1.165, 1.54) is 5.39 Å². The summed E-state index contributed by atoms with van der Waals surface area (Å²) in [5.74, 6) is 3.83. The summed E-state index contributed by atoms with van der Waals surface area (Å²) in [6.45, 7) is 4.84. The van der Waals surface area contributed by atoms with Crippen LogP contribution < -0.4 is 4.74 Å². The monoisotopic (exact) mass is 344 g/mol. The highest BCUT2D eigenvalue weighted by atomic mass is 35.5. The van der Waals surface area contributed by atoms with Gasteiger partial charge in [-0.3, -0.25) is 0 Å². The van der Waals surface area contributed by atoms with E-state index >= 15 is 0 Å². The van der Waals surface area contributed by atoms with Crippen molar-refractivity contribution in [1.29, 1.82) is 0 Å². The first-order valence-corrected chi connectivity index (χ1v) is 8.62. The molecule has 1 aliphatic rings. The second kappa shape index (κ2) is 6.31. The van der Waals surface area contributed by atoms with E-state index in [2.05, 4.69) is 30.7 Å². The van der Waals surface area contributed by atoms with Crippen molar-refractivity contribution < 1.29 is 4.74 Å². The van der Waals surface area contributed by atoms with Crippen LogP contribution in [0.4, 0.5) is 0 Å². The molecule has 25 heavy (non-hydrogen) atoms. The van der Waals surface area contributed by atoms with Gasteiger partial charge >= 0.3 is 0 Å². The SMILES string of the molecule is C#C[C@@H]1c2c(ccc3ccccc23)OC[C@@H]1C(=C)c1ccc(Cl)cc1. The van der Waals surface area contributed by atoms with Crippen LogP contribution in [0.2, 0.25) is 5.02 Å². The van der Waals surface area contributed by atoms with Gasteiger partial charge in [-0.1, -0.05) is 66.6 Å². The Morgan fingerprint density at radius 2 is 1.84 bits per heavy atom.